The van der Waals surface area contributed by atoms with Crippen LogP contribution in [-0.2, 0) is 54.5 Å². The van der Waals surface area contributed by atoms with Gasteiger partial charge in [-0.2, -0.15) is 0 Å². The van der Waals surface area contributed by atoms with Gasteiger partial charge >= 0.3 is 0 Å². The summed E-state index contributed by atoms with van der Waals surface area (Å²) in [4.78, 5) is 91.7. The molecule has 0 aliphatic carbocycles. The van der Waals surface area contributed by atoms with E-state index in [1.54, 1.807) is 32.2 Å². The number of rotatable bonds is 9. The molecular formula is C48H53N7O7. The van der Waals surface area contributed by atoms with E-state index in [1.165, 1.54) is 17.0 Å². The molecule has 0 spiro atoms. The molecule has 2 saturated heterocycles. The van der Waals surface area contributed by atoms with Gasteiger partial charge in [0.05, 0.1) is 0 Å². The maximum absolute atomic E-state index is 14.7. The molecule has 5 aromatic rings. The van der Waals surface area contributed by atoms with Crippen molar-refractivity contribution < 1.29 is 33.9 Å². The van der Waals surface area contributed by atoms with Gasteiger partial charge in [-0.05, 0) is 59.2 Å². The van der Waals surface area contributed by atoms with Crippen LogP contribution in [0, 0.1) is 5.92 Å². The summed E-state index contributed by atoms with van der Waals surface area (Å²) in [6.45, 7) is 3.78. The lowest BCUT2D eigenvalue weighted by Crippen LogP contribution is -2.62. The van der Waals surface area contributed by atoms with Crippen LogP contribution in [-0.4, -0.2) is 93.2 Å². The minimum Gasteiger partial charge on any atom is -0.508 e. The molecule has 6 amide bonds. The number of H-pyrrole nitrogens is 1. The number of para-hydroxylation sites is 1. The molecule has 2 aliphatic heterocycles. The Labute approximate surface area is 360 Å². The first-order chi connectivity index (χ1) is 29.9. The number of nitrogens with one attached hydrogen (secondary N) is 6. The van der Waals surface area contributed by atoms with Gasteiger partial charge in [0.1, 0.15) is 42.0 Å². The monoisotopic (exact) mass is 839 g/mol. The van der Waals surface area contributed by atoms with Crippen molar-refractivity contribution in [3.63, 3.8) is 0 Å². The molecular weight excluding hydrogens is 787 g/mol. The molecule has 62 heavy (non-hydrogen) atoms. The van der Waals surface area contributed by atoms with Crippen molar-refractivity contribution in [3.8, 4) is 5.75 Å². The van der Waals surface area contributed by atoms with Gasteiger partial charge in [-0.15, -0.1) is 0 Å². The predicted molar refractivity (Wildman–Crippen MR) is 233 cm³/mol. The summed E-state index contributed by atoms with van der Waals surface area (Å²) < 4.78 is 0. The van der Waals surface area contributed by atoms with Crippen LogP contribution in [0.1, 0.15) is 48.9 Å². The number of carbonyl (C=O) groups is 6. The number of aromatic nitrogens is 1. The number of benzene rings is 4. The van der Waals surface area contributed by atoms with E-state index in [2.05, 4.69) is 31.6 Å². The summed E-state index contributed by atoms with van der Waals surface area (Å²) >= 11 is 0. The van der Waals surface area contributed by atoms with E-state index in [9.17, 15) is 33.9 Å². The van der Waals surface area contributed by atoms with Gasteiger partial charge in [0.15, 0.2) is 0 Å². The topological polar surface area (TPSA) is 202 Å². The maximum Gasteiger partial charge on any atom is 0.246 e. The second-order valence-corrected chi connectivity index (χ2v) is 16.5. The molecule has 3 heterocycles. The van der Waals surface area contributed by atoms with Crippen LogP contribution in [0.2, 0.25) is 0 Å². The SMILES string of the molecule is CC(C)[C@@H]1NC(=O)[C@H](Cc2ccc(O)cc2)NC(=O)[C@@H](Cc2c[nH]c3ccccc23)NC(=O)[C@H](Cc2ccccc2)NC(=O)[C@@H]2CCCN2C(=O)[C@H](Cc2ccccc2)NC1=O. The van der Waals surface area contributed by atoms with Gasteiger partial charge in [-0.3, -0.25) is 28.8 Å². The van der Waals surface area contributed by atoms with Crippen LogP contribution in [0.3, 0.4) is 0 Å². The van der Waals surface area contributed by atoms with Crippen LogP contribution in [0.15, 0.2) is 115 Å². The van der Waals surface area contributed by atoms with Gasteiger partial charge in [0.25, 0.3) is 0 Å². The minimum atomic E-state index is -1.26. The number of phenols is 1. The van der Waals surface area contributed by atoms with E-state index in [-0.39, 0.29) is 38.0 Å². The standard InChI is InChI=1S/C48H53N7O7/c1-29(2)42-47(61)53-40(26-31-14-7-4-8-15-31)48(62)55-23-11-18-41(55)46(60)52-37(24-30-12-5-3-6-13-30)43(57)51-39(27-33-28-49-36-17-10-9-16-35(33)36)44(58)50-38(45(59)54-42)25-32-19-21-34(56)22-20-32/h3-10,12-17,19-22,28-29,37-42,49,56H,11,18,23-27H2,1-2H3,(H,50,58)(H,51,57)(H,52,60)(H,53,61)(H,54,59)/t37-,38-,39+,40-,41-,42-/m0/s1. The fourth-order valence-corrected chi connectivity index (χ4v) is 8.28. The van der Waals surface area contributed by atoms with Crippen LogP contribution >= 0.6 is 0 Å². The molecule has 0 bridgehead atoms. The van der Waals surface area contributed by atoms with Crippen molar-refractivity contribution in [3.05, 3.63) is 138 Å². The highest BCUT2D eigenvalue weighted by Crippen LogP contribution is 2.23. The van der Waals surface area contributed by atoms with Gasteiger partial charge in [0.2, 0.25) is 35.4 Å². The highest BCUT2D eigenvalue weighted by molar-refractivity contribution is 5.99. The third kappa shape index (κ3) is 10.5. The van der Waals surface area contributed by atoms with Crippen LogP contribution in [0.4, 0.5) is 0 Å². The smallest absolute Gasteiger partial charge is 0.246 e. The second-order valence-electron chi connectivity index (χ2n) is 16.5. The Morgan fingerprint density at radius 1 is 0.565 bits per heavy atom. The number of fused-ring (bicyclic) bond motifs is 2. The Hall–Kier alpha value is -6.96. The molecule has 0 saturated carbocycles. The third-order valence-electron chi connectivity index (χ3n) is 11.6. The molecule has 2 fully saturated rings. The average Bonchev–Trinajstić information content (AvgIpc) is 3.93. The van der Waals surface area contributed by atoms with E-state index >= 15 is 0 Å². The number of hydrogen-bond acceptors (Lipinski definition) is 7. The van der Waals surface area contributed by atoms with Crippen LogP contribution in [0.25, 0.3) is 10.9 Å². The molecule has 14 heteroatoms. The van der Waals surface area contributed by atoms with Crippen molar-refractivity contribution in [1.29, 1.82) is 0 Å². The lowest BCUT2D eigenvalue weighted by atomic mass is 9.98. The molecule has 6 atom stereocenters. The summed E-state index contributed by atoms with van der Waals surface area (Å²) in [6, 6.07) is 25.3. The Morgan fingerprint density at radius 3 is 1.68 bits per heavy atom. The highest BCUT2D eigenvalue weighted by Gasteiger charge is 2.41. The first kappa shape index (κ1) is 43.1. The van der Waals surface area contributed by atoms with E-state index in [1.807, 2.05) is 84.9 Å². The summed E-state index contributed by atoms with van der Waals surface area (Å²) in [6.07, 6.45) is 2.80. The van der Waals surface area contributed by atoms with E-state index in [0.717, 1.165) is 27.6 Å². The summed E-state index contributed by atoms with van der Waals surface area (Å²) in [5, 5.41) is 25.3. The van der Waals surface area contributed by atoms with E-state index < -0.39 is 77.6 Å². The molecule has 2 aliphatic rings. The molecule has 322 valence electrons. The van der Waals surface area contributed by atoms with Crippen molar-refractivity contribution in [1.82, 2.24) is 36.5 Å². The first-order valence-electron chi connectivity index (χ1n) is 21.2. The van der Waals surface area contributed by atoms with Crippen molar-refractivity contribution in [2.45, 2.75) is 88.6 Å². The second kappa shape index (κ2) is 19.6. The molecule has 4 aromatic carbocycles. The summed E-state index contributed by atoms with van der Waals surface area (Å²) in [5.41, 5.74) is 3.69. The lowest BCUT2D eigenvalue weighted by Gasteiger charge is -2.32. The van der Waals surface area contributed by atoms with Gasteiger partial charge < -0.3 is 41.6 Å². The Balaban J connectivity index is 1.29. The van der Waals surface area contributed by atoms with Gasteiger partial charge in [-0.25, -0.2) is 0 Å². The lowest BCUT2D eigenvalue weighted by molar-refractivity contribution is -0.143. The van der Waals surface area contributed by atoms with Crippen molar-refractivity contribution in [2.75, 3.05) is 6.54 Å². The van der Waals surface area contributed by atoms with Gasteiger partial charge in [0, 0.05) is 49.3 Å². The Kier molecular flexibility index (Phi) is 13.6. The van der Waals surface area contributed by atoms with Crippen molar-refractivity contribution >= 4 is 46.3 Å². The number of nitrogens with zero attached hydrogens (tertiary/aromatic N) is 1. The molecule has 7 N–H and O–H groups in total. The number of amides is 6. The highest BCUT2D eigenvalue weighted by atomic mass is 16.3. The number of aromatic amines is 1. The van der Waals surface area contributed by atoms with E-state index in [0.29, 0.717) is 18.4 Å². The Morgan fingerprint density at radius 2 is 1.06 bits per heavy atom. The quantitative estimate of drug-likeness (QED) is 0.118. The Bertz CT molecular complexity index is 2390. The number of phenolic OH excluding ortho intramolecular Hbond substituents is 1. The largest absolute Gasteiger partial charge is 0.508 e. The van der Waals surface area contributed by atoms with Crippen LogP contribution in [0.5, 0.6) is 5.75 Å². The minimum absolute atomic E-state index is 0.0157. The molecule has 1 aromatic heterocycles. The fraction of sp³-hybridized carbons (Fsp3) is 0.333. The molecule has 0 radical (unpaired) electrons. The maximum atomic E-state index is 14.7. The summed E-state index contributed by atoms with van der Waals surface area (Å²) in [7, 11) is 0. The van der Waals surface area contributed by atoms with Gasteiger partial charge in [-0.1, -0.05) is 105 Å². The normalized spacial score (nSPS) is 23.1. The first-order valence-corrected chi connectivity index (χ1v) is 21.2. The number of carbonyl (C=O) groups excluding carboxylic acids is 6. The zero-order valence-electron chi connectivity index (χ0n) is 34.8. The van der Waals surface area contributed by atoms with Crippen molar-refractivity contribution in [2.24, 2.45) is 5.92 Å². The third-order valence-corrected chi connectivity index (χ3v) is 11.6. The molecule has 14 nitrogen and oxygen atoms in total. The summed E-state index contributed by atoms with van der Waals surface area (Å²) in [5.74, 6) is -4.01. The average molecular weight is 840 g/mol. The molecule has 7 rings (SSSR count). The number of aromatic hydroxyl groups is 1. The van der Waals surface area contributed by atoms with Crippen LogP contribution < -0.4 is 26.6 Å². The van der Waals surface area contributed by atoms with E-state index in [4.69, 9.17) is 0 Å². The predicted octanol–water partition coefficient (Wildman–Crippen LogP) is 3.23. The number of hydrogen-bond donors (Lipinski definition) is 7. The molecule has 0 unspecified atom stereocenters. The zero-order chi connectivity index (χ0) is 43.8. The fourth-order valence-electron chi connectivity index (χ4n) is 8.28. The zero-order valence-corrected chi connectivity index (χ0v) is 34.8.